The van der Waals surface area contributed by atoms with Crippen LogP contribution in [-0.4, -0.2) is 23.6 Å². The van der Waals surface area contributed by atoms with Crippen LogP contribution in [0, 0.1) is 5.41 Å². The first-order valence-corrected chi connectivity index (χ1v) is 6.09. The van der Waals surface area contributed by atoms with E-state index in [0.717, 1.165) is 18.7 Å². The van der Waals surface area contributed by atoms with Crippen molar-refractivity contribution in [1.29, 1.82) is 0 Å². The van der Waals surface area contributed by atoms with Crippen molar-refractivity contribution in [1.82, 2.24) is 15.3 Å². The third kappa shape index (κ3) is 3.66. The Kier molecular flexibility index (Phi) is 4.87. The number of methoxy groups -OCH3 is 1. The SMILES string of the molecule is CCCNC(c1nccnc1OC)C(C)(C)C. The molecule has 0 radical (unpaired) electrons. The molecule has 0 spiro atoms. The molecule has 17 heavy (non-hydrogen) atoms. The van der Waals surface area contributed by atoms with Crippen molar-refractivity contribution in [3.8, 4) is 5.88 Å². The molecule has 0 fully saturated rings. The molecule has 0 aliphatic rings. The monoisotopic (exact) mass is 237 g/mol. The fraction of sp³-hybridized carbons (Fsp3) is 0.692. The minimum atomic E-state index is 0.0679. The standard InChI is InChI=1S/C13H23N3O/c1-6-7-15-11(13(2,3)4)10-12(17-5)16-9-8-14-10/h8-9,11,15H,6-7H2,1-5H3. The summed E-state index contributed by atoms with van der Waals surface area (Å²) in [5, 5.41) is 3.52. The van der Waals surface area contributed by atoms with Crippen LogP contribution < -0.4 is 10.1 Å². The molecule has 1 aromatic rings. The van der Waals surface area contributed by atoms with Crippen LogP contribution >= 0.6 is 0 Å². The van der Waals surface area contributed by atoms with Crippen LogP contribution in [-0.2, 0) is 0 Å². The Morgan fingerprint density at radius 1 is 1.29 bits per heavy atom. The Morgan fingerprint density at radius 2 is 1.94 bits per heavy atom. The molecular formula is C13H23N3O. The number of nitrogens with zero attached hydrogens (tertiary/aromatic N) is 2. The fourth-order valence-corrected chi connectivity index (χ4v) is 1.79. The molecule has 0 bridgehead atoms. The Hall–Kier alpha value is -1.16. The molecule has 0 saturated carbocycles. The molecule has 1 rings (SSSR count). The number of rotatable bonds is 5. The second-order valence-corrected chi connectivity index (χ2v) is 5.20. The van der Waals surface area contributed by atoms with E-state index < -0.39 is 0 Å². The normalized spacial score (nSPS) is 13.5. The third-order valence-electron chi connectivity index (χ3n) is 2.62. The van der Waals surface area contributed by atoms with Crippen LogP contribution in [0.15, 0.2) is 12.4 Å². The summed E-state index contributed by atoms with van der Waals surface area (Å²) in [5.74, 6) is 0.607. The molecule has 96 valence electrons. The lowest BCUT2D eigenvalue weighted by atomic mass is 9.84. The van der Waals surface area contributed by atoms with E-state index in [1.165, 1.54) is 0 Å². The van der Waals surface area contributed by atoms with Crippen LogP contribution in [0.5, 0.6) is 5.88 Å². The lowest BCUT2D eigenvalue weighted by Crippen LogP contribution is -2.34. The van der Waals surface area contributed by atoms with Crippen molar-refractivity contribution in [3.05, 3.63) is 18.1 Å². The predicted molar refractivity (Wildman–Crippen MR) is 69.1 cm³/mol. The van der Waals surface area contributed by atoms with E-state index >= 15 is 0 Å². The Labute approximate surface area is 104 Å². The van der Waals surface area contributed by atoms with E-state index in [-0.39, 0.29) is 11.5 Å². The average molecular weight is 237 g/mol. The lowest BCUT2D eigenvalue weighted by Gasteiger charge is -2.31. The number of nitrogens with one attached hydrogen (secondary N) is 1. The summed E-state index contributed by atoms with van der Waals surface area (Å²) >= 11 is 0. The van der Waals surface area contributed by atoms with Gasteiger partial charge in [-0.25, -0.2) is 4.98 Å². The summed E-state index contributed by atoms with van der Waals surface area (Å²) in [7, 11) is 1.63. The minimum Gasteiger partial charge on any atom is -0.480 e. The zero-order chi connectivity index (χ0) is 12.9. The van der Waals surface area contributed by atoms with Gasteiger partial charge in [0.1, 0.15) is 5.69 Å². The molecule has 1 N–H and O–H groups in total. The number of ether oxygens (including phenoxy) is 1. The zero-order valence-electron chi connectivity index (χ0n) is 11.4. The van der Waals surface area contributed by atoms with Gasteiger partial charge < -0.3 is 10.1 Å². The molecular weight excluding hydrogens is 214 g/mol. The van der Waals surface area contributed by atoms with Gasteiger partial charge in [0.05, 0.1) is 13.2 Å². The van der Waals surface area contributed by atoms with Gasteiger partial charge in [-0.05, 0) is 18.4 Å². The third-order valence-corrected chi connectivity index (χ3v) is 2.62. The van der Waals surface area contributed by atoms with E-state index in [9.17, 15) is 0 Å². The first-order chi connectivity index (χ1) is 8.00. The molecule has 0 aromatic carbocycles. The highest BCUT2D eigenvalue weighted by Crippen LogP contribution is 2.34. The molecule has 0 aliphatic heterocycles. The van der Waals surface area contributed by atoms with Gasteiger partial charge >= 0.3 is 0 Å². The summed E-state index contributed by atoms with van der Waals surface area (Å²) in [4.78, 5) is 8.63. The molecule has 1 atom stereocenters. The van der Waals surface area contributed by atoms with E-state index in [2.05, 4.69) is 43.0 Å². The lowest BCUT2D eigenvalue weighted by molar-refractivity contribution is 0.257. The summed E-state index contributed by atoms with van der Waals surface area (Å²) in [6.45, 7) is 9.68. The maximum atomic E-state index is 5.29. The minimum absolute atomic E-state index is 0.0679. The van der Waals surface area contributed by atoms with Gasteiger partial charge in [0, 0.05) is 12.4 Å². The maximum absolute atomic E-state index is 5.29. The van der Waals surface area contributed by atoms with Crippen LogP contribution in [0.3, 0.4) is 0 Å². The highest BCUT2D eigenvalue weighted by atomic mass is 16.5. The fourth-order valence-electron chi connectivity index (χ4n) is 1.79. The number of aromatic nitrogens is 2. The van der Waals surface area contributed by atoms with Crippen molar-refractivity contribution in [2.24, 2.45) is 5.41 Å². The highest BCUT2D eigenvalue weighted by molar-refractivity contribution is 5.22. The predicted octanol–water partition coefficient (Wildman–Crippen LogP) is 2.57. The molecule has 4 heteroatoms. The van der Waals surface area contributed by atoms with Crippen molar-refractivity contribution in [2.45, 2.75) is 40.2 Å². The molecule has 1 unspecified atom stereocenters. The molecule has 4 nitrogen and oxygen atoms in total. The van der Waals surface area contributed by atoms with Gasteiger partial charge in [-0.3, -0.25) is 4.98 Å². The molecule has 1 aromatic heterocycles. The first kappa shape index (κ1) is 13.9. The summed E-state index contributed by atoms with van der Waals surface area (Å²) in [5.41, 5.74) is 0.953. The highest BCUT2D eigenvalue weighted by Gasteiger charge is 2.29. The smallest absolute Gasteiger partial charge is 0.237 e. The van der Waals surface area contributed by atoms with Crippen molar-refractivity contribution in [3.63, 3.8) is 0 Å². The van der Waals surface area contributed by atoms with Gasteiger partial charge in [-0.1, -0.05) is 27.7 Å². The summed E-state index contributed by atoms with van der Waals surface area (Å²) in [6.07, 6.45) is 4.46. The van der Waals surface area contributed by atoms with Crippen molar-refractivity contribution < 1.29 is 4.74 Å². The van der Waals surface area contributed by atoms with Crippen LogP contribution in [0.4, 0.5) is 0 Å². The van der Waals surface area contributed by atoms with Crippen LogP contribution in [0.1, 0.15) is 45.9 Å². The Bertz CT molecular complexity index is 347. The van der Waals surface area contributed by atoms with Crippen molar-refractivity contribution >= 4 is 0 Å². The number of hydrogen-bond acceptors (Lipinski definition) is 4. The molecule has 0 aliphatic carbocycles. The zero-order valence-corrected chi connectivity index (χ0v) is 11.4. The van der Waals surface area contributed by atoms with Crippen molar-refractivity contribution in [2.75, 3.05) is 13.7 Å². The quantitative estimate of drug-likeness (QED) is 0.855. The molecule has 0 amide bonds. The molecule has 1 heterocycles. The summed E-state index contributed by atoms with van der Waals surface area (Å²) in [6, 6.07) is 0.145. The van der Waals surface area contributed by atoms with Gasteiger partial charge in [-0.15, -0.1) is 0 Å². The van der Waals surface area contributed by atoms with Crippen LogP contribution in [0.2, 0.25) is 0 Å². The van der Waals surface area contributed by atoms with Gasteiger partial charge in [0.25, 0.3) is 0 Å². The van der Waals surface area contributed by atoms with Gasteiger partial charge in [-0.2, -0.15) is 0 Å². The van der Waals surface area contributed by atoms with E-state index in [4.69, 9.17) is 4.74 Å². The van der Waals surface area contributed by atoms with Gasteiger partial charge in [0.15, 0.2) is 0 Å². The maximum Gasteiger partial charge on any atom is 0.237 e. The Morgan fingerprint density at radius 3 is 2.47 bits per heavy atom. The second kappa shape index (κ2) is 5.96. The average Bonchev–Trinajstić information content (AvgIpc) is 2.28. The van der Waals surface area contributed by atoms with E-state index in [1.54, 1.807) is 19.5 Å². The van der Waals surface area contributed by atoms with Crippen LogP contribution in [0.25, 0.3) is 0 Å². The second-order valence-electron chi connectivity index (χ2n) is 5.20. The van der Waals surface area contributed by atoms with E-state index in [0.29, 0.717) is 5.88 Å². The number of hydrogen-bond donors (Lipinski definition) is 1. The first-order valence-electron chi connectivity index (χ1n) is 6.09. The summed E-state index contributed by atoms with van der Waals surface area (Å²) < 4.78 is 5.29. The molecule has 0 saturated heterocycles. The van der Waals surface area contributed by atoms with Gasteiger partial charge in [0.2, 0.25) is 5.88 Å². The van der Waals surface area contributed by atoms with E-state index in [1.807, 2.05) is 0 Å². The topological polar surface area (TPSA) is 47.0 Å². The largest absolute Gasteiger partial charge is 0.480 e. The Balaban J connectivity index is 3.03.